The maximum absolute atomic E-state index is 12.1. The Morgan fingerprint density at radius 2 is 1.71 bits per heavy atom. The zero-order valence-corrected chi connectivity index (χ0v) is 15.2. The molecule has 0 aliphatic rings. The molecule has 0 heterocycles. The number of benzene rings is 1. The van der Waals surface area contributed by atoms with Gasteiger partial charge >= 0.3 is 0 Å². The molecule has 24 heavy (non-hydrogen) atoms. The molecular weight excluding hydrogens is 310 g/mol. The first-order valence-corrected chi connectivity index (χ1v) is 7.66. The summed E-state index contributed by atoms with van der Waals surface area (Å²) in [6.45, 7) is 5.96. The minimum Gasteiger partial charge on any atom is -0.497 e. The van der Waals surface area contributed by atoms with Gasteiger partial charge in [-0.15, -0.1) is 0 Å². The number of carbonyl (C=O) groups is 2. The van der Waals surface area contributed by atoms with Crippen LogP contribution < -0.4 is 20.1 Å². The van der Waals surface area contributed by atoms with Crippen LogP contribution in [0.1, 0.15) is 20.8 Å². The Morgan fingerprint density at radius 3 is 2.25 bits per heavy atom. The standard InChI is InChI=1S/C17H27N3O4/c1-17(2,3)19-16(22)11-20(4)10-15(21)18-13-8-7-12(23-5)9-14(13)24-6/h7-9H,10-11H2,1-6H3,(H,18,21)(H,19,22). The van der Waals surface area contributed by atoms with Gasteiger partial charge in [-0.1, -0.05) is 0 Å². The smallest absolute Gasteiger partial charge is 0.238 e. The monoisotopic (exact) mass is 337 g/mol. The molecule has 2 N–H and O–H groups in total. The second-order valence-electron chi connectivity index (χ2n) is 6.58. The van der Waals surface area contributed by atoms with E-state index in [1.165, 1.54) is 7.11 Å². The topological polar surface area (TPSA) is 79.9 Å². The predicted molar refractivity (Wildman–Crippen MR) is 93.6 cm³/mol. The first-order valence-electron chi connectivity index (χ1n) is 7.66. The van der Waals surface area contributed by atoms with Crippen molar-refractivity contribution in [2.45, 2.75) is 26.3 Å². The van der Waals surface area contributed by atoms with Gasteiger partial charge in [-0.05, 0) is 40.0 Å². The molecule has 0 atom stereocenters. The van der Waals surface area contributed by atoms with Gasteiger partial charge in [0.25, 0.3) is 0 Å². The van der Waals surface area contributed by atoms with Crippen LogP contribution in [-0.2, 0) is 9.59 Å². The van der Waals surface area contributed by atoms with E-state index in [1.54, 1.807) is 37.3 Å². The van der Waals surface area contributed by atoms with Crippen molar-refractivity contribution >= 4 is 17.5 Å². The molecule has 7 heteroatoms. The van der Waals surface area contributed by atoms with Crippen LogP contribution in [0, 0.1) is 0 Å². The number of carbonyl (C=O) groups excluding carboxylic acids is 2. The summed E-state index contributed by atoms with van der Waals surface area (Å²) in [6.07, 6.45) is 0. The molecular formula is C17H27N3O4. The molecule has 0 aromatic heterocycles. The molecule has 0 spiro atoms. The fourth-order valence-electron chi connectivity index (χ4n) is 2.10. The number of nitrogens with one attached hydrogen (secondary N) is 2. The van der Waals surface area contributed by atoms with Gasteiger partial charge in [-0.3, -0.25) is 14.5 Å². The lowest BCUT2D eigenvalue weighted by atomic mass is 10.1. The maximum atomic E-state index is 12.1. The third-order valence-electron chi connectivity index (χ3n) is 3.02. The average Bonchev–Trinajstić information content (AvgIpc) is 2.45. The lowest BCUT2D eigenvalue weighted by Gasteiger charge is -2.23. The van der Waals surface area contributed by atoms with Crippen LogP contribution >= 0.6 is 0 Å². The van der Waals surface area contributed by atoms with Crippen LogP contribution in [0.3, 0.4) is 0 Å². The highest BCUT2D eigenvalue weighted by Gasteiger charge is 2.17. The predicted octanol–water partition coefficient (Wildman–Crippen LogP) is 1.49. The summed E-state index contributed by atoms with van der Waals surface area (Å²) in [4.78, 5) is 25.6. The normalized spacial score (nSPS) is 11.1. The van der Waals surface area contributed by atoms with Crippen molar-refractivity contribution in [1.82, 2.24) is 10.2 Å². The van der Waals surface area contributed by atoms with E-state index in [2.05, 4.69) is 10.6 Å². The van der Waals surface area contributed by atoms with Crippen molar-refractivity contribution in [1.29, 1.82) is 0 Å². The minimum absolute atomic E-state index is 0.0900. The fraction of sp³-hybridized carbons (Fsp3) is 0.529. The van der Waals surface area contributed by atoms with Crippen molar-refractivity contribution in [2.24, 2.45) is 0 Å². The molecule has 1 rings (SSSR count). The molecule has 0 saturated carbocycles. The number of likely N-dealkylation sites (N-methyl/N-ethyl adjacent to an activating group) is 1. The zero-order chi connectivity index (χ0) is 18.3. The molecule has 0 aliphatic heterocycles. The largest absolute Gasteiger partial charge is 0.497 e. The Labute approximate surface area is 143 Å². The molecule has 1 aromatic rings. The third kappa shape index (κ3) is 6.87. The molecule has 7 nitrogen and oxygen atoms in total. The molecule has 0 radical (unpaired) electrons. The first-order chi connectivity index (χ1) is 11.1. The van der Waals surface area contributed by atoms with E-state index in [1.807, 2.05) is 20.8 Å². The van der Waals surface area contributed by atoms with Gasteiger partial charge in [0.2, 0.25) is 11.8 Å². The van der Waals surface area contributed by atoms with E-state index in [4.69, 9.17) is 9.47 Å². The van der Waals surface area contributed by atoms with Gasteiger partial charge in [-0.25, -0.2) is 0 Å². The van der Waals surface area contributed by atoms with Crippen molar-refractivity contribution < 1.29 is 19.1 Å². The van der Waals surface area contributed by atoms with Gasteiger partial charge in [0, 0.05) is 11.6 Å². The molecule has 0 unspecified atom stereocenters. The summed E-state index contributed by atoms with van der Waals surface area (Å²) in [5, 5.41) is 5.63. The number of methoxy groups -OCH3 is 2. The Kier molecular flexibility index (Phi) is 7.03. The summed E-state index contributed by atoms with van der Waals surface area (Å²) in [5.41, 5.74) is 0.257. The number of hydrogen-bond donors (Lipinski definition) is 2. The number of hydrogen-bond acceptors (Lipinski definition) is 5. The first kappa shape index (κ1) is 19.8. The zero-order valence-electron chi connectivity index (χ0n) is 15.2. The van der Waals surface area contributed by atoms with E-state index in [-0.39, 0.29) is 30.4 Å². The number of nitrogens with zero attached hydrogens (tertiary/aromatic N) is 1. The molecule has 0 saturated heterocycles. The van der Waals surface area contributed by atoms with Crippen LogP contribution in [0.15, 0.2) is 18.2 Å². The van der Waals surface area contributed by atoms with E-state index in [0.29, 0.717) is 17.2 Å². The highest BCUT2D eigenvalue weighted by atomic mass is 16.5. The van der Waals surface area contributed by atoms with Gasteiger partial charge in [0.1, 0.15) is 11.5 Å². The highest BCUT2D eigenvalue weighted by molar-refractivity contribution is 5.94. The van der Waals surface area contributed by atoms with Gasteiger partial charge in [-0.2, -0.15) is 0 Å². The summed E-state index contributed by atoms with van der Waals surface area (Å²) >= 11 is 0. The highest BCUT2D eigenvalue weighted by Crippen LogP contribution is 2.28. The van der Waals surface area contributed by atoms with Crippen molar-refractivity contribution in [3.8, 4) is 11.5 Å². The molecule has 1 aromatic carbocycles. The molecule has 0 fully saturated rings. The van der Waals surface area contributed by atoms with Crippen LogP contribution in [-0.4, -0.2) is 56.6 Å². The van der Waals surface area contributed by atoms with E-state index < -0.39 is 0 Å². The summed E-state index contributed by atoms with van der Waals surface area (Å²) in [6, 6.07) is 5.14. The van der Waals surface area contributed by atoms with E-state index in [9.17, 15) is 9.59 Å². The quantitative estimate of drug-likeness (QED) is 0.788. The van der Waals surface area contributed by atoms with E-state index in [0.717, 1.165) is 0 Å². The van der Waals surface area contributed by atoms with Crippen LogP contribution in [0.5, 0.6) is 11.5 Å². The SMILES string of the molecule is COc1ccc(NC(=O)CN(C)CC(=O)NC(C)(C)C)c(OC)c1. The molecule has 2 amide bonds. The number of anilines is 1. The Morgan fingerprint density at radius 1 is 1.08 bits per heavy atom. The summed E-state index contributed by atoms with van der Waals surface area (Å²) < 4.78 is 10.4. The van der Waals surface area contributed by atoms with E-state index >= 15 is 0 Å². The lowest BCUT2D eigenvalue weighted by molar-refractivity contribution is -0.124. The minimum atomic E-state index is -0.295. The van der Waals surface area contributed by atoms with Crippen LogP contribution in [0.4, 0.5) is 5.69 Å². The number of ether oxygens (including phenoxy) is 2. The maximum Gasteiger partial charge on any atom is 0.238 e. The number of amides is 2. The second-order valence-corrected chi connectivity index (χ2v) is 6.58. The van der Waals surface area contributed by atoms with Gasteiger partial charge in [0.05, 0.1) is 33.0 Å². The molecule has 0 aliphatic carbocycles. The van der Waals surface area contributed by atoms with Crippen molar-refractivity contribution in [2.75, 3.05) is 39.7 Å². The third-order valence-corrected chi connectivity index (χ3v) is 3.02. The molecule has 0 bridgehead atoms. The number of rotatable bonds is 7. The lowest BCUT2D eigenvalue weighted by Crippen LogP contribution is -2.46. The molecule has 134 valence electrons. The Bertz CT molecular complexity index is 582. The Balaban J connectivity index is 2.58. The summed E-state index contributed by atoms with van der Waals surface area (Å²) in [5.74, 6) is 0.793. The Hall–Kier alpha value is -2.28. The van der Waals surface area contributed by atoms with Gasteiger partial charge < -0.3 is 20.1 Å². The van der Waals surface area contributed by atoms with Gasteiger partial charge in [0.15, 0.2) is 0 Å². The van der Waals surface area contributed by atoms with Crippen LogP contribution in [0.2, 0.25) is 0 Å². The second kappa shape index (κ2) is 8.54. The fourth-order valence-corrected chi connectivity index (χ4v) is 2.10. The summed E-state index contributed by atoms with van der Waals surface area (Å²) in [7, 11) is 4.80. The van der Waals surface area contributed by atoms with Crippen LogP contribution in [0.25, 0.3) is 0 Å². The van der Waals surface area contributed by atoms with Crippen molar-refractivity contribution in [3.05, 3.63) is 18.2 Å². The van der Waals surface area contributed by atoms with Crippen molar-refractivity contribution in [3.63, 3.8) is 0 Å². The average molecular weight is 337 g/mol.